The van der Waals surface area contributed by atoms with E-state index in [0.717, 1.165) is 10.9 Å². The Morgan fingerprint density at radius 2 is 2.11 bits per heavy atom. The van der Waals surface area contributed by atoms with Gasteiger partial charge in [0.25, 0.3) is 0 Å². The molecule has 0 spiro atoms. The highest BCUT2D eigenvalue weighted by Crippen LogP contribution is 2.41. The van der Waals surface area contributed by atoms with Gasteiger partial charge >= 0.3 is 5.97 Å². The van der Waals surface area contributed by atoms with Crippen molar-refractivity contribution in [1.82, 2.24) is 0 Å². The van der Waals surface area contributed by atoms with Crippen LogP contribution in [0.5, 0.6) is 0 Å². The van der Waals surface area contributed by atoms with Crippen LogP contribution in [0.4, 0.5) is 0 Å². The van der Waals surface area contributed by atoms with Crippen LogP contribution in [0.15, 0.2) is 34.9 Å². The molecule has 1 aliphatic heterocycles. The van der Waals surface area contributed by atoms with E-state index in [9.17, 15) is 9.90 Å². The third kappa shape index (κ3) is 1.38. The van der Waals surface area contributed by atoms with Crippen LogP contribution < -0.4 is 5.73 Å². The van der Waals surface area contributed by atoms with Crippen LogP contribution in [-0.4, -0.2) is 24.3 Å². The van der Waals surface area contributed by atoms with Crippen molar-refractivity contribution < 1.29 is 19.1 Å². The number of carbonyl (C=O) groups is 1. The Labute approximate surface area is 103 Å². The van der Waals surface area contributed by atoms with E-state index in [-0.39, 0.29) is 13.2 Å². The minimum Gasteiger partial charge on any atom is -0.481 e. The monoisotopic (exact) mass is 247 g/mol. The summed E-state index contributed by atoms with van der Waals surface area (Å²) < 4.78 is 10.4. The molecule has 1 aromatic heterocycles. The van der Waals surface area contributed by atoms with Crippen molar-refractivity contribution in [3.8, 4) is 0 Å². The Hall–Kier alpha value is -1.85. The Kier molecular flexibility index (Phi) is 2.39. The number of hydrogen-bond donors (Lipinski definition) is 2. The quantitative estimate of drug-likeness (QED) is 0.859. The molecule has 0 saturated carbocycles. The molecular weight excluding hydrogens is 234 g/mol. The van der Waals surface area contributed by atoms with Gasteiger partial charge in [-0.3, -0.25) is 4.79 Å². The first-order chi connectivity index (χ1) is 8.65. The summed E-state index contributed by atoms with van der Waals surface area (Å²) in [5.41, 5.74) is 6.52. The van der Waals surface area contributed by atoms with Crippen molar-refractivity contribution >= 4 is 16.9 Å². The van der Waals surface area contributed by atoms with E-state index >= 15 is 0 Å². The van der Waals surface area contributed by atoms with E-state index in [0.29, 0.717) is 5.58 Å². The van der Waals surface area contributed by atoms with Crippen molar-refractivity contribution in [2.45, 2.75) is 6.04 Å². The first-order valence-electron chi connectivity index (χ1n) is 5.68. The number of rotatable bonds is 3. The molecule has 1 unspecified atom stereocenters. The van der Waals surface area contributed by atoms with Gasteiger partial charge in [0.2, 0.25) is 0 Å². The van der Waals surface area contributed by atoms with E-state index < -0.39 is 17.4 Å². The number of carboxylic acids is 1. The van der Waals surface area contributed by atoms with Crippen LogP contribution in [0.1, 0.15) is 11.6 Å². The number of furan rings is 1. The average molecular weight is 247 g/mol. The lowest BCUT2D eigenvalue weighted by molar-refractivity contribution is -0.184. The van der Waals surface area contributed by atoms with E-state index in [1.54, 1.807) is 6.26 Å². The normalized spacial score (nSPS) is 19.4. The largest absolute Gasteiger partial charge is 0.481 e. The van der Waals surface area contributed by atoms with Gasteiger partial charge < -0.3 is 20.0 Å². The van der Waals surface area contributed by atoms with Gasteiger partial charge in [0.15, 0.2) is 0 Å². The van der Waals surface area contributed by atoms with Crippen molar-refractivity contribution in [3.63, 3.8) is 0 Å². The van der Waals surface area contributed by atoms with Crippen LogP contribution in [-0.2, 0) is 9.53 Å². The third-order valence-electron chi connectivity index (χ3n) is 3.59. The predicted molar refractivity (Wildman–Crippen MR) is 64.0 cm³/mol. The highest BCUT2D eigenvalue weighted by Gasteiger charge is 2.52. The summed E-state index contributed by atoms with van der Waals surface area (Å²) in [5, 5.41) is 10.2. The van der Waals surface area contributed by atoms with Gasteiger partial charge in [0.1, 0.15) is 11.0 Å². The summed E-state index contributed by atoms with van der Waals surface area (Å²) in [5.74, 6) is -0.925. The van der Waals surface area contributed by atoms with Gasteiger partial charge in [-0.1, -0.05) is 18.2 Å². The van der Waals surface area contributed by atoms with Crippen molar-refractivity contribution in [2.75, 3.05) is 13.2 Å². The molecule has 1 aliphatic rings. The second-order valence-electron chi connectivity index (χ2n) is 4.62. The van der Waals surface area contributed by atoms with Gasteiger partial charge in [-0.05, 0) is 6.07 Å². The van der Waals surface area contributed by atoms with Gasteiger partial charge in [0, 0.05) is 10.9 Å². The first kappa shape index (κ1) is 11.3. The summed E-state index contributed by atoms with van der Waals surface area (Å²) in [6.07, 6.45) is 1.54. The van der Waals surface area contributed by atoms with E-state index in [1.165, 1.54) is 0 Å². The Bertz CT molecular complexity index is 600. The maximum absolute atomic E-state index is 11.4. The number of para-hydroxylation sites is 1. The molecule has 0 aliphatic carbocycles. The Morgan fingerprint density at radius 3 is 2.72 bits per heavy atom. The second kappa shape index (κ2) is 3.83. The number of hydrogen-bond acceptors (Lipinski definition) is 4. The Balaban J connectivity index is 2.06. The molecule has 1 fully saturated rings. The molecule has 3 rings (SSSR count). The van der Waals surface area contributed by atoms with Crippen LogP contribution in [0, 0.1) is 5.41 Å². The fourth-order valence-corrected chi connectivity index (χ4v) is 2.29. The Morgan fingerprint density at radius 1 is 1.39 bits per heavy atom. The molecule has 5 heteroatoms. The molecule has 2 aromatic rings. The smallest absolute Gasteiger partial charge is 0.316 e. The number of aliphatic carboxylic acids is 1. The summed E-state index contributed by atoms with van der Waals surface area (Å²) in [7, 11) is 0. The van der Waals surface area contributed by atoms with Crippen LogP contribution in [0.2, 0.25) is 0 Å². The maximum Gasteiger partial charge on any atom is 0.316 e. The lowest BCUT2D eigenvalue weighted by Crippen LogP contribution is -2.55. The van der Waals surface area contributed by atoms with Crippen LogP contribution in [0.3, 0.4) is 0 Å². The number of carboxylic acid groups (broad SMARTS) is 1. The minimum atomic E-state index is -1.04. The second-order valence-corrected chi connectivity index (χ2v) is 4.62. The summed E-state index contributed by atoms with van der Waals surface area (Å²) in [4.78, 5) is 11.4. The number of ether oxygens (including phenoxy) is 1. The molecule has 1 aromatic carbocycles. The molecule has 94 valence electrons. The minimum absolute atomic E-state index is 0.142. The highest BCUT2D eigenvalue weighted by molar-refractivity contribution is 5.84. The van der Waals surface area contributed by atoms with Gasteiger partial charge in [0.05, 0.1) is 25.5 Å². The molecule has 0 bridgehead atoms. The van der Waals surface area contributed by atoms with Crippen LogP contribution in [0.25, 0.3) is 11.0 Å². The van der Waals surface area contributed by atoms with Crippen LogP contribution >= 0.6 is 0 Å². The lowest BCUT2D eigenvalue weighted by Gasteiger charge is -2.41. The summed E-state index contributed by atoms with van der Waals surface area (Å²) >= 11 is 0. The zero-order chi connectivity index (χ0) is 12.8. The lowest BCUT2D eigenvalue weighted by atomic mass is 9.75. The SMILES string of the molecule is NC(c1coc2ccccc12)C1(C(=O)O)COC1. The molecule has 3 N–H and O–H groups in total. The van der Waals surface area contributed by atoms with Gasteiger partial charge in [-0.25, -0.2) is 0 Å². The molecule has 1 saturated heterocycles. The fraction of sp³-hybridized carbons (Fsp3) is 0.308. The van der Waals surface area contributed by atoms with Gasteiger partial charge in [-0.2, -0.15) is 0 Å². The molecule has 1 atom stereocenters. The van der Waals surface area contributed by atoms with E-state index in [2.05, 4.69) is 0 Å². The fourth-order valence-electron chi connectivity index (χ4n) is 2.29. The molecule has 0 radical (unpaired) electrons. The zero-order valence-electron chi connectivity index (χ0n) is 9.63. The summed E-state index contributed by atoms with van der Waals surface area (Å²) in [6, 6.07) is 6.81. The first-order valence-corrected chi connectivity index (χ1v) is 5.68. The topological polar surface area (TPSA) is 85.7 Å². The molecule has 2 heterocycles. The zero-order valence-corrected chi connectivity index (χ0v) is 9.63. The third-order valence-corrected chi connectivity index (χ3v) is 3.59. The number of fused-ring (bicyclic) bond motifs is 1. The average Bonchev–Trinajstić information content (AvgIpc) is 2.70. The maximum atomic E-state index is 11.4. The van der Waals surface area contributed by atoms with Crippen molar-refractivity contribution in [1.29, 1.82) is 0 Å². The van der Waals surface area contributed by atoms with Crippen molar-refractivity contribution in [3.05, 3.63) is 36.1 Å². The molecular formula is C13H13NO4. The highest BCUT2D eigenvalue weighted by atomic mass is 16.5. The number of nitrogens with two attached hydrogens (primary N) is 1. The summed E-state index contributed by atoms with van der Waals surface area (Å²) in [6.45, 7) is 0.284. The van der Waals surface area contributed by atoms with Gasteiger partial charge in [-0.15, -0.1) is 0 Å². The molecule has 18 heavy (non-hydrogen) atoms. The predicted octanol–water partition coefficient (Wildman–Crippen LogP) is 1.53. The standard InChI is InChI=1S/C13H13NO4/c14-11(13(12(15)16)6-17-7-13)9-5-18-10-4-2-1-3-8(9)10/h1-5,11H,6-7,14H2,(H,15,16). The molecule has 0 amide bonds. The van der Waals surface area contributed by atoms with E-state index in [4.69, 9.17) is 14.9 Å². The van der Waals surface area contributed by atoms with E-state index in [1.807, 2.05) is 24.3 Å². The van der Waals surface area contributed by atoms with Crippen molar-refractivity contribution in [2.24, 2.45) is 11.1 Å². The molecule has 5 nitrogen and oxygen atoms in total. The number of benzene rings is 1.